The summed E-state index contributed by atoms with van der Waals surface area (Å²) in [5.74, 6) is 0. The molecule has 0 spiro atoms. The van der Waals surface area contributed by atoms with Gasteiger partial charge in [-0.2, -0.15) is 0 Å². The molecule has 0 saturated heterocycles. The van der Waals surface area contributed by atoms with Crippen molar-refractivity contribution in [3.8, 4) is 0 Å². The van der Waals surface area contributed by atoms with E-state index in [-0.39, 0.29) is 0 Å². The van der Waals surface area contributed by atoms with Crippen molar-refractivity contribution in [3.05, 3.63) is 0 Å². The quantitative estimate of drug-likeness (QED) is 0.257. The Morgan fingerprint density at radius 1 is 0.214 bits per heavy atom. The average Bonchev–Trinajstić information content (AvgIpc) is 2.20. The highest BCUT2D eigenvalue weighted by atomic mass is 16.6. The molecule has 28 heavy (non-hydrogen) atoms. The van der Waals surface area contributed by atoms with Crippen LogP contribution in [0.25, 0.3) is 0 Å². The van der Waals surface area contributed by atoms with Gasteiger partial charge in [0.2, 0.25) is 0 Å². The van der Waals surface area contributed by atoms with Gasteiger partial charge in [-0.25, -0.2) is 33.6 Å². The fourth-order valence-electron chi connectivity index (χ4n) is 0. The van der Waals surface area contributed by atoms with E-state index in [1.54, 1.807) is 0 Å². The predicted octanol–water partition coefficient (Wildman–Crippen LogP) is 1.56. The van der Waals surface area contributed by atoms with E-state index in [9.17, 15) is 0 Å². The smallest absolute Gasteiger partial charge is 0.450 e. The van der Waals surface area contributed by atoms with E-state index in [1.165, 1.54) is 0 Å². The SMILES string of the molecule is O=C(O)O.O=C(O)O.O=C(O)O.O=C(O)O.O=C(O)O.O=C(O)O.O=C(O)O. The maximum atomic E-state index is 8.56. The molecule has 0 bridgehead atoms. The van der Waals surface area contributed by atoms with Gasteiger partial charge in [0.25, 0.3) is 0 Å². The molecule has 0 heterocycles. The molecule has 0 fully saturated rings. The predicted molar refractivity (Wildman–Crippen MR) is 74.6 cm³/mol. The molecule has 0 saturated carbocycles. The van der Waals surface area contributed by atoms with Crippen LogP contribution in [0.3, 0.4) is 0 Å². The molecular weight excluding hydrogens is 420 g/mol. The van der Waals surface area contributed by atoms with Crippen LogP contribution in [0.1, 0.15) is 0 Å². The fourth-order valence-corrected chi connectivity index (χ4v) is 0. The van der Waals surface area contributed by atoms with Crippen LogP contribution >= 0.6 is 0 Å². The Hall–Kier alpha value is -5.11. The number of carboxylic acid groups (broad SMARTS) is 14. The number of hydrogen-bond donors (Lipinski definition) is 14. The second-order valence-corrected chi connectivity index (χ2v) is 1.98. The normalized spacial score (nSPS) is 6.00. The molecule has 0 unspecified atom stereocenters. The zero-order valence-electron chi connectivity index (χ0n) is 12.6. The second kappa shape index (κ2) is 37.8. The van der Waals surface area contributed by atoms with Crippen molar-refractivity contribution >= 4 is 43.1 Å². The van der Waals surface area contributed by atoms with E-state index in [0.717, 1.165) is 0 Å². The molecule has 0 aliphatic heterocycles. The van der Waals surface area contributed by atoms with Crippen molar-refractivity contribution in [2.24, 2.45) is 0 Å². The van der Waals surface area contributed by atoms with Gasteiger partial charge in [0, 0.05) is 0 Å². The molecule has 0 aromatic carbocycles. The summed E-state index contributed by atoms with van der Waals surface area (Å²) < 4.78 is 0. The van der Waals surface area contributed by atoms with Crippen LogP contribution in [0.15, 0.2) is 0 Å². The minimum Gasteiger partial charge on any atom is -0.450 e. The summed E-state index contributed by atoms with van der Waals surface area (Å²) in [6, 6.07) is 0. The third-order valence-electron chi connectivity index (χ3n) is 0. The molecular formula is C7H14O21. The average molecular weight is 434 g/mol. The Morgan fingerprint density at radius 2 is 0.214 bits per heavy atom. The maximum absolute atomic E-state index is 8.56. The summed E-state index contributed by atoms with van der Waals surface area (Å²) in [5, 5.41) is 97.6. The van der Waals surface area contributed by atoms with E-state index in [1.807, 2.05) is 0 Å². The van der Waals surface area contributed by atoms with Gasteiger partial charge >= 0.3 is 43.1 Å². The first kappa shape index (κ1) is 43.4. The molecule has 21 nitrogen and oxygen atoms in total. The molecule has 0 amide bonds. The van der Waals surface area contributed by atoms with E-state index < -0.39 is 43.1 Å². The molecule has 0 rings (SSSR count). The third kappa shape index (κ3) is 316. The summed E-state index contributed by atoms with van der Waals surface area (Å²) in [4.78, 5) is 59.9. The molecule has 21 heteroatoms. The van der Waals surface area contributed by atoms with Crippen molar-refractivity contribution in [3.63, 3.8) is 0 Å². The Bertz CT molecular complexity index is 302. The van der Waals surface area contributed by atoms with Crippen LogP contribution in [-0.4, -0.2) is 115 Å². The van der Waals surface area contributed by atoms with Crippen LogP contribution in [0.2, 0.25) is 0 Å². The highest BCUT2D eigenvalue weighted by molar-refractivity contribution is 5.54. The van der Waals surface area contributed by atoms with Gasteiger partial charge in [-0.05, 0) is 0 Å². The lowest BCUT2D eigenvalue weighted by molar-refractivity contribution is 0.135. The Kier molecular flexibility index (Phi) is 58.7. The first-order chi connectivity index (χ1) is 12.1. The number of rotatable bonds is 0. The van der Waals surface area contributed by atoms with E-state index >= 15 is 0 Å². The van der Waals surface area contributed by atoms with Crippen molar-refractivity contribution in [2.45, 2.75) is 0 Å². The van der Waals surface area contributed by atoms with Gasteiger partial charge in [0.05, 0.1) is 0 Å². The molecule has 0 radical (unpaired) electrons. The fraction of sp³-hybridized carbons (Fsp3) is 0. The molecule has 0 aromatic heterocycles. The van der Waals surface area contributed by atoms with E-state index in [4.69, 9.17) is 105 Å². The summed E-state index contributed by atoms with van der Waals surface area (Å²) in [6.45, 7) is 0. The lowest BCUT2D eigenvalue weighted by Crippen LogP contribution is -1.81. The van der Waals surface area contributed by atoms with Crippen molar-refractivity contribution in [1.82, 2.24) is 0 Å². The van der Waals surface area contributed by atoms with Gasteiger partial charge in [-0.15, -0.1) is 0 Å². The lowest BCUT2D eigenvalue weighted by Gasteiger charge is -1.60. The summed E-state index contributed by atoms with van der Waals surface area (Å²) in [7, 11) is 0. The summed E-state index contributed by atoms with van der Waals surface area (Å²) in [6.07, 6.45) is -12.8. The van der Waals surface area contributed by atoms with Gasteiger partial charge in [-0.3, -0.25) is 0 Å². The first-order valence-electron chi connectivity index (χ1n) is 4.56. The summed E-state index contributed by atoms with van der Waals surface area (Å²) in [5.41, 5.74) is 0. The van der Waals surface area contributed by atoms with Gasteiger partial charge in [0.1, 0.15) is 0 Å². The van der Waals surface area contributed by atoms with Crippen molar-refractivity contribution in [2.75, 3.05) is 0 Å². The highest BCUT2D eigenvalue weighted by Gasteiger charge is 1.72. The van der Waals surface area contributed by atoms with E-state index in [0.29, 0.717) is 0 Å². The molecule has 0 aromatic rings. The minimum atomic E-state index is -1.83. The van der Waals surface area contributed by atoms with Crippen LogP contribution in [0.4, 0.5) is 33.6 Å². The Labute approximate surface area is 149 Å². The van der Waals surface area contributed by atoms with Crippen LogP contribution in [0.5, 0.6) is 0 Å². The molecule has 0 aliphatic carbocycles. The highest BCUT2D eigenvalue weighted by Crippen LogP contribution is 1.45. The van der Waals surface area contributed by atoms with Gasteiger partial charge < -0.3 is 71.5 Å². The van der Waals surface area contributed by atoms with Crippen LogP contribution in [0, 0.1) is 0 Å². The van der Waals surface area contributed by atoms with Gasteiger partial charge in [0.15, 0.2) is 0 Å². The van der Waals surface area contributed by atoms with E-state index in [2.05, 4.69) is 0 Å². The second-order valence-electron chi connectivity index (χ2n) is 1.98. The largest absolute Gasteiger partial charge is 0.503 e. The zero-order valence-corrected chi connectivity index (χ0v) is 12.6. The first-order valence-corrected chi connectivity index (χ1v) is 4.56. The maximum Gasteiger partial charge on any atom is 0.503 e. The number of carbonyl (C=O) groups is 7. The number of hydrogen-bond acceptors (Lipinski definition) is 7. The third-order valence-corrected chi connectivity index (χ3v) is 0. The van der Waals surface area contributed by atoms with Crippen molar-refractivity contribution in [1.29, 1.82) is 0 Å². The van der Waals surface area contributed by atoms with Gasteiger partial charge in [-0.1, -0.05) is 0 Å². The zero-order chi connectivity index (χ0) is 25.0. The Balaban J connectivity index is -0.0000000367. The van der Waals surface area contributed by atoms with Crippen LogP contribution in [-0.2, 0) is 0 Å². The van der Waals surface area contributed by atoms with Crippen LogP contribution < -0.4 is 0 Å². The minimum absolute atomic E-state index is 1.83. The standard InChI is InChI=1S/7CH2O3/c7*2-1(3)4/h7*(H2,2,3,4). The molecule has 168 valence electrons. The topological polar surface area (TPSA) is 403 Å². The van der Waals surface area contributed by atoms with Crippen molar-refractivity contribution < 1.29 is 105 Å². The Morgan fingerprint density at radius 3 is 0.214 bits per heavy atom. The molecule has 0 aliphatic rings. The monoisotopic (exact) mass is 434 g/mol. The lowest BCUT2D eigenvalue weighted by atomic mass is 11.5. The molecule has 0 atom stereocenters. The summed E-state index contributed by atoms with van der Waals surface area (Å²) >= 11 is 0. The molecule has 14 N–H and O–H groups in total.